The number of halogens is 3. The van der Waals surface area contributed by atoms with E-state index in [0.717, 1.165) is 6.07 Å². The minimum Gasteiger partial charge on any atom is -0.454 e. The van der Waals surface area contributed by atoms with Crippen LogP contribution in [0.4, 0.5) is 13.2 Å². The second kappa shape index (κ2) is 5.54. The molecular weight excluding hydrogens is 333 g/mol. The Labute approximate surface area is 141 Å². The van der Waals surface area contributed by atoms with Crippen molar-refractivity contribution in [1.82, 2.24) is 9.78 Å². The van der Waals surface area contributed by atoms with Gasteiger partial charge in [0, 0.05) is 11.1 Å². The molecule has 0 saturated carbocycles. The number of ether oxygens (including phenoxy) is 2. The lowest BCUT2D eigenvalue weighted by Crippen LogP contribution is -2.07. The Morgan fingerprint density at radius 2 is 1.80 bits per heavy atom. The summed E-state index contributed by atoms with van der Waals surface area (Å²) >= 11 is 0. The van der Waals surface area contributed by atoms with Gasteiger partial charge in [-0.3, -0.25) is 0 Å². The lowest BCUT2D eigenvalue weighted by Gasteiger charge is -2.11. The van der Waals surface area contributed by atoms with Crippen molar-refractivity contribution >= 4 is 0 Å². The smallest absolute Gasteiger partial charge is 0.435 e. The van der Waals surface area contributed by atoms with Crippen LogP contribution in [0.15, 0.2) is 48.5 Å². The van der Waals surface area contributed by atoms with E-state index in [1.54, 1.807) is 49.4 Å². The molecule has 0 spiro atoms. The third-order valence-corrected chi connectivity index (χ3v) is 4.06. The van der Waals surface area contributed by atoms with Gasteiger partial charge in [-0.15, -0.1) is 0 Å². The summed E-state index contributed by atoms with van der Waals surface area (Å²) in [5, 5.41) is 3.78. The van der Waals surface area contributed by atoms with Crippen molar-refractivity contribution in [3.8, 4) is 28.4 Å². The highest BCUT2D eigenvalue weighted by Gasteiger charge is 2.35. The number of aromatic nitrogens is 2. The summed E-state index contributed by atoms with van der Waals surface area (Å²) in [7, 11) is 0. The van der Waals surface area contributed by atoms with Crippen LogP contribution >= 0.6 is 0 Å². The van der Waals surface area contributed by atoms with Crippen LogP contribution in [0, 0.1) is 6.92 Å². The first-order chi connectivity index (χ1) is 11.9. The molecule has 25 heavy (non-hydrogen) atoms. The average molecular weight is 346 g/mol. The number of alkyl halides is 3. The lowest BCUT2D eigenvalue weighted by atomic mass is 10.0. The van der Waals surface area contributed by atoms with Crippen LogP contribution in [0.2, 0.25) is 0 Å². The predicted octanol–water partition coefficient (Wildman–Crippen LogP) is 4.60. The number of hydrogen-bond acceptors (Lipinski definition) is 3. The van der Waals surface area contributed by atoms with Gasteiger partial charge in [-0.25, -0.2) is 4.68 Å². The zero-order chi connectivity index (χ0) is 17.6. The predicted molar refractivity (Wildman–Crippen MR) is 84.9 cm³/mol. The van der Waals surface area contributed by atoms with Crippen LogP contribution in [0.5, 0.6) is 11.5 Å². The SMILES string of the molecule is Cc1c(-c2cc(C(F)(F)F)nn2-c2ccccc2)ccc2c1OCO2. The molecule has 0 radical (unpaired) electrons. The van der Waals surface area contributed by atoms with E-state index in [0.29, 0.717) is 34.0 Å². The fraction of sp³-hybridized carbons (Fsp3) is 0.167. The van der Waals surface area contributed by atoms with Gasteiger partial charge < -0.3 is 9.47 Å². The summed E-state index contributed by atoms with van der Waals surface area (Å²) < 4.78 is 51.7. The topological polar surface area (TPSA) is 36.3 Å². The molecule has 128 valence electrons. The largest absolute Gasteiger partial charge is 0.454 e. The summed E-state index contributed by atoms with van der Waals surface area (Å²) in [5.41, 5.74) is 1.26. The number of para-hydroxylation sites is 1. The van der Waals surface area contributed by atoms with Crippen LogP contribution in [0.3, 0.4) is 0 Å². The maximum Gasteiger partial charge on any atom is 0.435 e. The van der Waals surface area contributed by atoms with E-state index in [2.05, 4.69) is 5.10 Å². The lowest BCUT2D eigenvalue weighted by molar-refractivity contribution is -0.141. The highest BCUT2D eigenvalue weighted by atomic mass is 19.4. The minimum atomic E-state index is -4.53. The highest BCUT2D eigenvalue weighted by molar-refractivity contribution is 5.72. The van der Waals surface area contributed by atoms with Crippen molar-refractivity contribution in [2.75, 3.05) is 6.79 Å². The number of nitrogens with zero attached hydrogens (tertiary/aromatic N) is 2. The van der Waals surface area contributed by atoms with Gasteiger partial charge in [0.1, 0.15) is 0 Å². The second-order valence-corrected chi connectivity index (χ2v) is 5.63. The average Bonchev–Trinajstić information content (AvgIpc) is 3.23. The molecule has 7 heteroatoms. The van der Waals surface area contributed by atoms with Crippen LogP contribution in [0.25, 0.3) is 16.9 Å². The van der Waals surface area contributed by atoms with Crippen molar-refractivity contribution in [2.45, 2.75) is 13.1 Å². The van der Waals surface area contributed by atoms with Crippen molar-refractivity contribution in [3.05, 3.63) is 59.8 Å². The van der Waals surface area contributed by atoms with E-state index in [4.69, 9.17) is 9.47 Å². The van der Waals surface area contributed by atoms with Crippen molar-refractivity contribution in [1.29, 1.82) is 0 Å². The van der Waals surface area contributed by atoms with E-state index in [1.807, 2.05) is 0 Å². The highest BCUT2D eigenvalue weighted by Crippen LogP contribution is 2.42. The summed E-state index contributed by atoms with van der Waals surface area (Å²) in [5.74, 6) is 1.13. The molecule has 0 saturated heterocycles. The van der Waals surface area contributed by atoms with Crippen LogP contribution in [-0.2, 0) is 6.18 Å². The Kier molecular flexibility index (Phi) is 3.45. The molecule has 2 aromatic carbocycles. The van der Waals surface area contributed by atoms with Gasteiger partial charge in [-0.05, 0) is 37.3 Å². The molecule has 1 aliphatic heterocycles. The quantitative estimate of drug-likeness (QED) is 0.681. The van der Waals surface area contributed by atoms with E-state index >= 15 is 0 Å². The summed E-state index contributed by atoms with van der Waals surface area (Å²) in [6.45, 7) is 1.89. The molecule has 0 aliphatic carbocycles. The summed E-state index contributed by atoms with van der Waals surface area (Å²) in [6, 6.07) is 13.2. The van der Waals surface area contributed by atoms with Crippen LogP contribution < -0.4 is 9.47 Å². The Morgan fingerprint density at radius 3 is 2.52 bits per heavy atom. The molecular formula is C18H13F3N2O2. The fourth-order valence-electron chi connectivity index (χ4n) is 2.87. The van der Waals surface area contributed by atoms with Gasteiger partial charge in [0.15, 0.2) is 17.2 Å². The number of fused-ring (bicyclic) bond motifs is 1. The Balaban J connectivity index is 1.94. The second-order valence-electron chi connectivity index (χ2n) is 5.63. The molecule has 0 bridgehead atoms. The van der Waals surface area contributed by atoms with Crippen molar-refractivity contribution in [2.24, 2.45) is 0 Å². The van der Waals surface area contributed by atoms with E-state index in [1.165, 1.54) is 4.68 Å². The summed E-state index contributed by atoms with van der Waals surface area (Å²) in [4.78, 5) is 0. The van der Waals surface area contributed by atoms with Crippen molar-refractivity contribution < 1.29 is 22.6 Å². The molecule has 3 aromatic rings. The zero-order valence-corrected chi connectivity index (χ0v) is 13.2. The first kappa shape index (κ1) is 15.6. The van der Waals surface area contributed by atoms with Gasteiger partial charge in [0.25, 0.3) is 0 Å². The van der Waals surface area contributed by atoms with E-state index in [9.17, 15) is 13.2 Å². The molecule has 0 fully saturated rings. The molecule has 0 atom stereocenters. The molecule has 1 aromatic heterocycles. The molecule has 0 N–H and O–H groups in total. The van der Waals surface area contributed by atoms with Crippen molar-refractivity contribution in [3.63, 3.8) is 0 Å². The van der Waals surface area contributed by atoms with Gasteiger partial charge in [0.05, 0.1) is 11.4 Å². The molecule has 0 unspecified atom stereocenters. The third kappa shape index (κ3) is 2.61. The van der Waals surface area contributed by atoms with Gasteiger partial charge in [-0.2, -0.15) is 18.3 Å². The summed E-state index contributed by atoms with van der Waals surface area (Å²) in [6.07, 6.45) is -4.53. The van der Waals surface area contributed by atoms with Gasteiger partial charge >= 0.3 is 6.18 Å². The van der Waals surface area contributed by atoms with Gasteiger partial charge in [0.2, 0.25) is 6.79 Å². The number of benzene rings is 2. The first-order valence-electron chi connectivity index (χ1n) is 7.57. The Morgan fingerprint density at radius 1 is 1.04 bits per heavy atom. The van der Waals surface area contributed by atoms with Crippen LogP contribution in [-0.4, -0.2) is 16.6 Å². The molecule has 4 rings (SSSR count). The minimum absolute atomic E-state index is 0.103. The molecule has 0 amide bonds. The molecule has 4 nitrogen and oxygen atoms in total. The van der Waals surface area contributed by atoms with E-state index in [-0.39, 0.29) is 6.79 Å². The van der Waals surface area contributed by atoms with Gasteiger partial charge in [-0.1, -0.05) is 18.2 Å². The number of rotatable bonds is 2. The third-order valence-electron chi connectivity index (χ3n) is 4.06. The standard InChI is InChI=1S/C18H13F3N2O2/c1-11-13(7-8-15-17(11)25-10-24-15)14-9-16(18(19,20)21)22-23(14)12-5-3-2-4-6-12/h2-9H,10H2,1H3. The fourth-order valence-corrected chi connectivity index (χ4v) is 2.87. The maximum absolute atomic E-state index is 13.2. The maximum atomic E-state index is 13.2. The Bertz CT molecular complexity index is 933. The molecule has 1 aliphatic rings. The zero-order valence-electron chi connectivity index (χ0n) is 13.2. The first-order valence-corrected chi connectivity index (χ1v) is 7.57. The Hall–Kier alpha value is -2.96. The monoisotopic (exact) mass is 346 g/mol. The van der Waals surface area contributed by atoms with E-state index < -0.39 is 11.9 Å². The number of hydrogen-bond donors (Lipinski definition) is 0. The molecule has 2 heterocycles. The van der Waals surface area contributed by atoms with Crippen LogP contribution in [0.1, 0.15) is 11.3 Å². The normalized spacial score (nSPS) is 13.3.